The molecule has 1 saturated heterocycles. The summed E-state index contributed by atoms with van der Waals surface area (Å²) in [6.45, 7) is 0.283. The summed E-state index contributed by atoms with van der Waals surface area (Å²) in [5.41, 5.74) is 5.82. The predicted octanol–water partition coefficient (Wildman–Crippen LogP) is 0.394. The van der Waals surface area contributed by atoms with Crippen LogP contribution in [0.1, 0.15) is 16.8 Å². The Morgan fingerprint density at radius 2 is 2.00 bits per heavy atom. The molecule has 1 heterocycles. The van der Waals surface area contributed by atoms with Crippen molar-refractivity contribution in [2.75, 3.05) is 18.1 Å². The zero-order valence-electron chi connectivity index (χ0n) is 9.83. The monoisotopic (exact) mass is 269 g/mol. The number of para-hydroxylation sites is 1. The van der Waals surface area contributed by atoms with Crippen LogP contribution in [0.25, 0.3) is 0 Å². The van der Waals surface area contributed by atoms with Gasteiger partial charge in [-0.3, -0.25) is 4.79 Å². The van der Waals surface area contributed by atoms with E-state index in [1.165, 1.54) is 0 Å². The Balaban J connectivity index is 2.11. The van der Waals surface area contributed by atoms with E-state index in [4.69, 9.17) is 10.5 Å². The van der Waals surface area contributed by atoms with Gasteiger partial charge in [-0.25, -0.2) is 8.42 Å². The van der Waals surface area contributed by atoms with Gasteiger partial charge < -0.3 is 10.5 Å². The Hall–Kier alpha value is -1.40. The molecular formula is C12H15NO4S. The summed E-state index contributed by atoms with van der Waals surface area (Å²) in [6, 6.07) is 6.84. The summed E-state index contributed by atoms with van der Waals surface area (Å²) < 4.78 is 27.6. The molecule has 0 aromatic heterocycles. The van der Waals surface area contributed by atoms with Crippen LogP contribution in [0.4, 0.5) is 0 Å². The van der Waals surface area contributed by atoms with E-state index in [-0.39, 0.29) is 36.4 Å². The Labute approximate surface area is 106 Å². The number of sulfone groups is 1. The fourth-order valence-electron chi connectivity index (χ4n) is 1.83. The SMILES string of the molecule is NCCC(=O)c1ccccc1OC1CS(=O)(=O)C1. The Morgan fingerprint density at radius 1 is 1.33 bits per heavy atom. The van der Waals surface area contributed by atoms with Gasteiger partial charge in [0, 0.05) is 6.42 Å². The molecule has 1 aromatic carbocycles. The van der Waals surface area contributed by atoms with Crippen molar-refractivity contribution in [3.8, 4) is 5.75 Å². The average molecular weight is 269 g/mol. The minimum absolute atomic E-state index is 0.0203. The van der Waals surface area contributed by atoms with Crippen LogP contribution in [0.2, 0.25) is 0 Å². The molecular weight excluding hydrogens is 254 g/mol. The number of carbonyl (C=O) groups excluding carboxylic acids is 1. The number of rotatable bonds is 5. The van der Waals surface area contributed by atoms with Crippen molar-refractivity contribution in [2.24, 2.45) is 5.73 Å². The first-order valence-corrected chi connectivity index (χ1v) is 7.53. The van der Waals surface area contributed by atoms with Gasteiger partial charge in [0.15, 0.2) is 15.6 Å². The number of hydrogen-bond donors (Lipinski definition) is 1. The normalized spacial score (nSPS) is 18.1. The molecule has 1 fully saturated rings. The Bertz CT molecular complexity index is 541. The average Bonchev–Trinajstić information content (AvgIpc) is 2.27. The number of benzene rings is 1. The second-order valence-corrected chi connectivity index (χ2v) is 6.43. The molecule has 5 nitrogen and oxygen atoms in total. The van der Waals surface area contributed by atoms with Crippen molar-refractivity contribution in [1.29, 1.82) is 0 Å². The Kier molecular flexibility index (Phi) is 3.68. The third-order valence-corrected chi connectivity index (χ3v) is 4.49. The summed E-state index contributed by atoms with van der Waals surface area (Å²) in [5, 5.41) is 0. The zero-order valence-corrected chi connectivity index (χ0v) is 10.7. The molecule has 0 saturated carbocycles. The molecule has 2 rings (SSSR count). The maximum Gasteiger partial charge on any atom is 0.167 e. The highest BCUT2D eigenvalue weighted by Gasteiger charge is 2.35. The van der Waals surface area contributed by atoms with Crippen molar-refractivity contribution in [1.82, 2.24) is 0 Å². The highest BCUT2D eigenvalue weighted by molar-refractivity contribution is 7.92. The molecule has 0 amide bonds. The number of ether oxygens (including phenoxy) is 1. The molecule has 0 radical (unpaired) electrons. The van der Waals surface area contributed by atoms with Crippen LogP contribution in [0.15, 0.2) is 24.3 Å². The number of hydrogen-bond acceptors (Lipinski definition) is 5. The standard InChI is InChI=1S/C12H15NO4S/c13-6-5-11(14)10-3-1-2-4-12(10)17-9-7-18(15,16)8-9/h1-4,9H,5-8,13H2. The van der Waals surface area contributed by atoms with Gasteiger partial charge in [-0.15, -0.1) is 0 Å². The van der Waals surface area contributed by atoms with Gasteiger partial charge in [-0.1, -0.05) is 12.1 Å². The van der Waals surface area contributed by atoms with Crippen LogP contribution >= 0.6 is 0 Å². The quantitative estimate of drug-likeness (QED) is 0.782. The number of nitrogens with two attached hydrogens (primary N) is 1. The molecule has 0 bridgehead atoms. The maximum absolute atomic E-state index is 11.8. The van der Waals surface area contributed by atoms with Gasteiger partial charge in [0.05, 0.1) is 17.1 Å². The molecule has 1 aliphatic rings. The number of ketones is 1. The highest BCUT2D eigenvalue weighted by atomic mass is 32.2. The predicted molar refractivity (Wildman–Crippen MR) is 67.5 cm³/mol. The van der Waals surface area contributed by atoms with E-state index in [1.807, 2.05) is 0 Å². The largest absolute Gasteiger partial charge is 0.488 e. The summed E-state index contributed by atoms with van der Waals surface area (Å²) in [7, 11) is -2.92. The van der Waals surface area contributed by atoms with Crippen LogP contribution in [-0.2, 0) is 9.84 Å². The second kappa shape index (κ2) is 5.07. The molecule has 1 aromatic rings. The minimum Gasteiger partial charge on any atom is -0.488 e. The smallest absolute Gasteiger partial charge is 0.167 e. The fraction of sp³-hybridized carbons (Fsp3) is 0.417. The molecule has 0 unspecified atom stereocenters. The first-order valence-electron chi connectivity index (χ1n) is 5.71. The summed E-state index contributed by atoms with van der Waals surface area (Å²) in [5.74, 6) is 0.393. The first-order chi connectivity index (χ1) is 8.52. The van der Waals surface area contributed by atoms with Gasteiger partial charge in [0.2, 0.25) is 0 Å². The molecule has 1 aliphatic heterocycles. The molecule has 2 N–H and O–H groups in total. The number of carbonyl (C=O) groups is 1. The van der Waals surface area contributed by atoms with E-state index >= 15 is 0 Å². The molecule has 6 heteroatoms. The third-order valence-electron chi connectivity index (χ3n) is 2.73. The van der Waals surface area contributed by atoms with E-state index in [0.717, 1.165) is 0 Å². The van der Waals surface area contributed by atoms with E-state index in [2.05, 4.69) is 0 Å². The van der Waals surface area contributed by atoms with Crippen molar-refractivity contribution in [3.05, 3.63) is 29.8 Å². The first kappa shape index (κ1) is 13.0. The minimum atomic E-state index is -2.92. The lowest BCUT2D eigenvalue weighted by molar-refractivity contribution is 0.0979. The molecule has 0 atom stereocenters. The van der Waals surface area contributed by atoms with Crippen molar-refractivity contribution in [3.63, 3.8) is 0 Å². The highest BCUT2D eigenvalue weighted by Crippen LogP contribution is 2.24. The topological polar surface area (TPSA) is 86.5 Å². The Morgan fingerprint density at radius 3 is 2.61 bits per heavy atom. The second-order valence-electron chi connectivity index (χ2n) is 4.27. The van der Waals surface area contributed by atoms with Crippen molar-refractivity contribution < 1.29 is 17.9 Å². The van der Waals surface area contributed by atoms with E-state index in [0.29, 0.717) is 11.3 Å². The van der Waals surface area contributed by atoms with Crippen LogP contribution in [0.5, 0.6) is 5.75 Å². The molecule has 98 valence electrons. The van der Waals surface area contributed by atoms with Crippen LogP contribution in [0.3, 0.4) is 0 Å². The molecule has 0 spiro atoms. The van der Waals surface area contributed by atoms with Crippen molar-refractivity contribution in [2.45, 2.75) is 12.5 Å². The fourth-order valence-corrected chi connectivity index (χ4v) is 3.00. The maximum atomic E-state index is 11.8. The summed E-state index contributed by atoms with van der Waals surface area (Å²) in [4.78, 5) is 11.8. The van der Waals surface area contributed by atoms with Gasteiger partial charge in [0.1, 0.15) is 11.9 Å². The van der Waals surface area contributed by atoms with Gasteiger partial charge in [-0.2, -0.15) is 0 Å². The van der Waals surface area contributed by atoms with E-state index < -0.39 is 9.84 Å². The van der Waals surface area contributed by atoms with Gasteiger partial charge in [0.25, 0.3) is 0 Å². The van der Waals surface area contributed by atoms with Gasteiger partial charge >= 0.3 is 0 Å². The van der Waals surface area contributed by atoms with Crippen LogP contribution < -0.4 is 10.5 Å². The van der Waals surface area contributed by atoms with Crippen molar-refractivity contribution >= 4 is 15.6 Å². The lowest BCUT2D eigenvalue weighted by atomic mass is 10.1. The van der Waals surface area contributed by atoms with E-state index in [9.17, 15) is 13.2 Å². The van der Waals surface area contributed by atoms with E-state index in [1.54, 1.807) is 24.3 Å². The summed E-state index contributed by atoms with van der Waals surface area (Å²) >= 11 is 0. The van der Waals surface area contributed by atoms with Crippen LogP contribution in [-0.4, -0.2) is 38.4 Å². The lowest BCUT2D eigenvalue weighted by Gasteiger charge is -2.27. The zero-order chi connectivity index (χ0) is 13.2. The third kappa shape index (κ3) is 2.88. The molecule has 18 heavy (non-hydrogen) atoms. The number of Topliss-reactive ketones (excluding diaryl/α,β-unsaturated/α-hetero) is 1. The summed E-state index contributed by atoms with van der Waals surface area (Å²) in [6.07, 6.45) is -0.0922. The van der Waals surface area contributed by atoms with Gasteiger partial charge in [-0.05, 0) is 18.7 Å². The molecule has 0 aliphatic carbocycles. The lowest BCUT2D eigenvalue weighted by Crippen LogP contribution is -2.45. The van der Waals surface area contributed by atoms with Crippen LogP contribution in [0, 0.1) is 0 Å².